The minimum Gasteiger partial charge on any atom is -0.326 e. The van der Waals surface area contributed by atoms with Gasteiger partial charge in [-0.15, -0.1) is 11.3 Å². The molecule has 0 aliphatic rings. The summed E-state index contributed by atoms with van der Waals surface area (Å²) >= 11 is 7.14. The largest absolute Gasteiger partial charge is 0.326 e. The van der Waals surface area contributed by atoms with Gasteiger partial charge in [0.25, 0.3) is 5.56 Å². The van der Waals surface area contributed by atoms with Crippen LogP contribution in [0.3, 0.4) is 0 Å². The van der Waals surface area contributed by atoms with Crippen LogP contribution < -0.4 is 10.3 Å². The molecule has 2 aromatic rings. The molecule has 0 aliphatic carbocycles. The van der Waals surface area contributed by atoms with Gasteiger partial charge in [0.1, 0.15) is 5.02 Å². The van der Waals surface area contributed by atoms with E-state index in [1.54, 1.807) is 0 Å². The van der Waals surface area contributed by atoms with Crippen molar-refractivity contribution in [2.45, 2.75) is 24.3 Å². The zero-order valence-corrected chi connectivity index (χ0v) is 13.0. The third kappa shape index (κ3) is 3.29. The Morgan fingerprint density at radius 1 is 1.50 bits per heavy atom. The summed E-state index contributed by atoms with van der Waals surface area (Å²) in [6.07, 6.45) is 1.76. The van der Waals surface area contributed by atoms with Crippen LogP contribution >= 0.6 is 22.9 Å². The van der Waals surface area contributed by atoms with Crippen molar-refractivity contribution in [3.8, 4) is 0 Å². The van der Waals surface area contributed by atoms with Crippen LogP contribution in [-0.4, -0.2) is 13.4 Å². The van der Waals surface area contributed by atoms with E-state index in [4.69, 9.17) is 11.6 Å². The molecular weight excluding hydrogens is 320 g/mol. The Hall–Kier alpha value is -1.15. The van der Waals surface area contributed by atoms with E-state index in [2.05, 4.69) is 9.71 Å². The van der Waals surface area contributed by atoms with E-state index in [-0.39, 0.29) is 16.0 Å². The second-order valence-electron chi connectivity index (χ2n) is 4.11. The Balaban J connectivity index is 2.30. The van der Waals surface area contributed by atoms with Crippen molar-refractivity contribution < 1.29 is 8.42 Å². The number of hydrogen-bond donors (Lipinski definition) is 2. The van der Waals surface area contributed by atoms with E-state index in [9.17, 15) is 13.2 Å². The molecule has 0 aromatic carbocycles. The first-order valence-electron chi connectivity index (χ1n) is 5.88. The van der Waals surface area contributed by atoms with Crippen molar-refractivity contribution in [2.24, 2.45) is 0 Å². The summed E-state index contributed by atoms with van der Waals surface area (Å²) in [5.74, 6) is 0. The van der Waals surface area contributed by atoms with Crippen LogP contribution in [0.4, 0.5) is 0 Å². The third-order valence-electron chi connectivity index (χ3n) is 2.73. The van der Waals surface area contributed by atoms with Gasteiger partial charge in [0.2, 0.25) is 10.0 Å². The molecule has 0 fully saturated rings. The van der Waals surface area contributed by atoms with E-state index in [1.165, 1.54) is 11.3 Å². The van der Waals surface area contributed by atoms with Gasteiger partial charge in [0, 0.05) is 11.1 Å². The molecule has 8 heteroatoms. The van der Waals surface area contributed by atoms with Crippen LogP contribution in [0.1, 0.15) is 24.3 Å². The number of nitrogens with one attached hydrogen (secondary N) is 2. The van der Waals surface area contributed by atoms with Gasteiger partial charge in [-0.2, -0.15) is 0 Å². The predicted molar refractivity (Wildman–Crippen MR) is 79.7 cm³/mol. The maximum absolute atomic E-state index is 12.3. The minimum atomic E-state index is -3.73. The Labute approximate surface area is 125 Å². The summed E-state index contributed by atoms with van der Waals surface area (Å²) in [6.45, 7) is 1.90. The monoisotopic (exact) mass is 332 g/mol. The number of thiophene rings is 1. The lowest BCUT2D eigenvalue weighted by Gasteiger charge is -2.15. The lowest BCUT2D eigenvalue weighted by molar-refractivity contribution is 0.553. The fourth-order valence-corrected chi connectivity index (χ4v) is 4.14. The summed E-state index contributed by atoms with van der Waals surface area (Å²) < 4.78 is 27.2. The van der Waals surface area contributed by atoms with Crippen LogP contribution in [0.2, 0.25) is 5.02 Å². The predicted octanol–water partition coefficient (Wildman–Crippen LogP) is 2.52. The van der Waals surface area contributed by atoms with Crippen LogP contribution in [-0.2, 0) is 10.0 Å². The van der Waals surface area contributed by atoms with E-state index < -0.39 is 15.6 Å². The fourth-order valence-electron chi connectivity index (χ4n) is 1.68. The van der Waals surface area contributed by atoms with Crippen molar-refractivity contribution in [1.29, 1.82) is 0 Å². The first-order chi connectivity index (χ1) is 9.44. The Kier molecular flexibility index (Phi) is 4.64. The Morgan fingerprint density at radius 2 is 2.25 bits per heavy atom. The zero-order chi connectivity index (χ0) is 14.8. The Morgan fingerprint density at radius 3 is 2.80 bits per heavy atom. The summed E-state index contributed by atoms with van der Waals surface area (Å²) in [4.78, 5) is 14.3. The van der Waals surface area contributed by atoms with Gasteiger partial charge in [-0.05, 0) is 23.9 Å². The zero-order valence-electron chi connectivity index (χ0n) is 10.6. The molecular formula is C12H13ClN2O3S2. The number of sulfonamides is 1. The molecule has 0 aliphatic heterocycles. The molecule has 0 amide bonds. The summed E-state index contributed by atoms with van der Waals surface area (Å²) in [7, 11) is -3.73. The molecule has 0 bridgehead atoms. The number of aromatic nitrogens is 1. The minimum absolute atomic E-state index is 0.0582. The average molecular weight is 333 g/mol. The number of H-pyrrole nitrogens is 1. The highest BCUT2D eigenvalue weighted by Gasteiger charge is 2.21. The molecule has 1 atom stereocenters. The smallest absolute Gasteiger partial charge is 0.266 e. The molecule has 2 rings (SSSR count). The topological polar surface area (TPSA) is 79.0 Å². The highest BCUT2D eigenvalue weighted by molar-refractivity contribution is 7.89. The van der Waals surface area contributed by atoms with Crippen LogP contribution in [0.15, 0.2) is 39.5 Å². The van der Waals surface area contributed by atoms with Gasteiger partial charge >= 0.3 is 0 Å². The summed E-state index contributed by atoms with van der Waals surface area (Å²) in [6, 6.07) is 4.59. The SMILES string of the molecule is CCC(NS(=O)(=O)c1c[nH]c(=O)c(Cl)c1)c1cccs1. The van der Waals surface area contributed by atoms with Gasteiger partial charge in [0.05, 0.1) is 10.9 Å². The molecule has 0 spiro atoms. The van der Waals surface area contributed by atoms with Gasteiger partial charge < -0.3 is 4.98 Å². The van der Waals surface area contributed by atoms with Crippen molar-refractivity contribution >= 4 is 33.0 Å². The molecule has 0 saturated heterocycles. The van der Waals surface area contributed by atoms with Crippen LogP contribution in [0.25, 0.3) is 0 Å². The quantitative estimate of drug-likeness (QED) is 0.883. The van der Waals surface area contributed by atoms with Gasteiger partial charge in [-0.1, -0.05) is 24.6 Å². The second kappa shape index (κ2) is 6.09. The average Bonchev–Trinajstić information content (AvgIpc) is 2.93. The summed E-state index contributed by atoms with van der Waals surface area (Å²) in [5, 5.41) is 1.74. The second-order valence-corrected chi connectivity index (χ2v) is 7.21. The first kappa shape index (κ1) is 15.2. The molecule has 0 radical (unpaired) electrons. The fraction of sp³-hybridized carbons (Fsp3) is 0.250. The maximum Gasteiger partial charge on any atom is 0.266 e. The lowest BCUT2D eigenvalue weighted by Crippen LogP contribution is -2.28. The molecule has 2 aromatic heterocycles. The van der Waals surface area contributed by atoms with Gasteiger partial charge in [-0.25, -0.2) is 13.1 Å². The maximum atomic E-state index is 12.3. The molecule has 5 nitrogen and oxygen atoms in total. The number of aromatic amines is 1. The number of hydrogen-bond acceptors (Lipinski definition) is 4. The molecule has 2 N–H and O–H groups in total. The third-order valence-corrected chi connectivity index (χ3v) is 5.45. The standard InChI is InChI=1S/C12H13ClN2O3S2/c1-2-10(11-4-3-5-19-11)15-20(17,18)8-6-9(13)12(16)14-7-8/h3-7,10,15H,2H2,1H3,(H,14,16). The van der Waals surface area contributed by atoms with Crippen molar-refractivity contribution in [3.63, 3.8) is 0 Å². The first-order valence-corrected chi connectivity index (χ1v) is 8.62. The normalized spacial score (nSPS) is 13.3. The highest BCUT2D eigenvalue weighted by Crippen LogP contribution is 2.24. The van der Waals surface area contributed by atoms with E-state index in [0.29, 0.717) is 6.42 Å². The molecule has 1 unspecified atom stereocenters. The molecule has 0 saturated carbocycles. The number of halogens is 1. The van der Waals surface area contributed by atoms with Crippen molar-refractivity contribution in [1.82, 2.24) is 9.71 Å². The van der Waals surface area contributed by atoms with Crippen molar-refractivity contribution in [3.05, 3.63) is 50.0 Å². The van der Waals surface area contributed by atoms with E-state index in [1.807, 2.05) is 24.4 Å². The van der Waals surface area contributed by atoms with E-state index in [0.717, 1.165) is 17.1 Å². The highest BCUT2D eigenvalue weighted by atomic mass is 35.5. The lowest BCUT2D eigenvalue weighted by atomic mass is 10.2. The van der Waals surface area contributed by atoms with Crippen LogP contribution in [0, 0.1) is 0 Å². The Bertz CT molecular complexity index is 738. The molecule has 20 heavy (non-hydrogen) atoms. The van der Waals surface area contributed by atoms with Gasteiger partial charge in [-0.3, -0.25) is 4.79 Å². The van der Waals surface area contributed by atoms with Crippen LogP contribution in [0.5, 0.6) is 0 Å². The number of pyridine rings is 1. The van der Waals surface area contributed by atoms with Crippen molar-refractivity contribution in [2.75, 3.05) is 0 Å². The molecule has 2 heterocycles. The summed E-state index contributed by atoms with van der Waals surface area (Å²) in [5.41, 5.74) is -0.518. The van der Waals surface area contributed by atoms with Gasteiger partial charge in [0.15, 0.2) is 0 Å². The molecule has 108 valence electrons. The number of rotatable bonds is 5. The van der Waals surface area contributed by atoms with E-state index >= 15 is 0 Å².